The van der Waals surface area contributed by atoms with Gasteiger partial charge in [0.25, 0.3) is 5.91 Å². The van der Waals surface area contributed by atoms with Crippen LogP contribution in [-0.2, 0) is 6.42 Å². The first kappa shape index (κ1) is 14.1. The van der Waals surface area contributed by atoms with Crippen LogP contribution in [0.3, 0.4) is 0 Å². The van der Waals surface area contributed by atoms with Crippen LogP contribution in [0, 0.1) is 13.8 Å². The number of carbonyl (C=O) groups is 1. The zero-order chi connectivity index (χ0) is 14.5. The summed E-state index contributed by atoms with van der Waals surface area (Å²) in [5, 5.41) is 10.4. The summed E-state index contributed by atoms with van der Waals surface area (Å²) in [4.78, 5) is 16.3. The SMILES string of the molecule is Cc1nnc(NC(=O)c2cccc(CCN)c2)nc1C. The van der Waals surface area contributed by atoms with Gasteiger partial charge in [0.1, 0.15) is 0 Å². The number of hydrogen-bond acceptors (Lipinski definition) is 5. The third-order valence-electron chi connectivity index (χ3n) is 2.94. The van der Waals surface area contributed by atoms with Crippen molar-refractivity contribution in [3.63, 3.8) is 0 Å². The number of aryl methyl sites for hydroxylation is 2. The highest BCUT2D eigenvalue weighted by molar-refractivity contribution is 6.03. The smallest absolute Gasteiger partial charge is 0.258 e. The van der Waals surface area contributed by atoms with Crippen LogP contribution in [0.4, 0.5) is 5.95 Å². The number of amides is 1. The lowest BCUT2D eigenvalue weighted by atomic mass is 10.1. The molecular formula is C14H17N5O. The molecule has 0 aliphatic heterocycles. The molecule has 0 saturated carbocycles. The number of carbonyl (C=O) groups excluding carboxylic acids is 1. The molecule has 0 saturated heterocycles. The van der Waals surface area contributed by atoms with E-state index in [0.717, 1.165) is 23.4 Å². The second kappa shape index (κ2) is 6.21. The van der Waals surface area contributed by atoms with E-state index in [1.807, 2.05) is 32.0 Å². The standard InChI is InChI=1S/C14H17N5O/c1-9-10(2)18-19-14(16-9)17-13(20)12-5-3-4-11(8-12)6-7-15/h3-5,8H,6-7,15H2,1-2H3,(H,16,17,19,20). The van der Waals surface area contributed by atoms with Crippen LogP contribution in [0.5, 0.6) is 0 Å². The van der Waals surface area contributed by atoms with Crippen LogP contribution in [0.15, 0.2) is 24.3 Å². The highest BCUT2D eigenvalue weighted by atomic mass is 16.1. The summed E-state index contributed by atoms with van der Waals surface area (Å²) in [6.07, 6.45) is 0.739. The van der Waals surface area contributed by atoms with Gasteiger partial charge in [0.05, 0.1) is 11.4 Å². The Balaban J connectivity index is 2.15. The number of nitrogens with zero attached hydrogens (tertiary/aromatic N) is 3. The van der Waals surface area contributed by atoms with Crippen molar-refractivity contribution in [1.82, 2.24) is 15.2 Å². The Hall–Kier alpha value is -2.34. The lowest BCUT2D eigenvalue weighted by Crippen LogP contribution is -2.16. The molecule has 2 aromatic rings. The Morgan fingerprint density at radius 2 is 2.05 bits per heavy atom. The van der Waals surface area contributed by atoms with E-state index in [0.29, 0.717) is 12.1 Å². The average Bonchev–Trinajstić information content (AvgIpc) is 2.43. The maximum Gasteiger partial charge on any atom is 0.258 e. The Morgan fingerprint density at radius 3 is 2.75 bits per heavy atom. The molecule has 20 heavy (non-hydrogen) atoms. The molecule has 6 heteroatoms. The van der Waals surface area contributed by atoms with Gasteiger partial charge in [0, 0.05) is 5.56 Å². The molecule has 1 aromatic heterocycles. The molecule has 0 atom stereocenters. The Kier molecular flexibility index (Phi) is 4.37. The van der Waals surface area contributed by atoms with Crippen molar-refractivity contribution in [2.24, 2.45) is 5.73 Å². The molecule has 0 radical (unpaired) electrons. The molecule has 3 N–H and O–H groups in total. The van der Waals surface area contributed by atoms with Gasteiger partial charge < -0.3 is 5.73 Å². The summed E-state index contributed by atoms with van der Waals surface area (Å²) >= 11 is 0. The van der Waals surface area contributed by atoms with Crippen molar-refractivity contribution in [3.05, 3.63) is 46.8 Å². The summed E-state index contributed by atoms with van der Waals surface area (Å²) < 4.78 is 0. The molecule has 0 aliphatic rings. The molecule has 0 spiro atoms. The number of rotatable bonds is 4. The molecule has 1 amide bonds. The number of anilines is 1. The van der Waals surface area contributed by atoms with Crippen molar-refractivity contribution >= 4 is 11.9 Å². The maximum absolute atomic E-state index is 12.1. The lowest BCUT2D eigenvalue weighted by Gasteiger charge is -2.06. The van der Waals surface area contributed by atoms with Crippen molar-refractivity contribution in [2.75, 3.05) is 11.9 Å². The molecule has 1 heterocycles. The maximum atomic E-state index is 12.1. The first-order chi connectivity index (χ1) is 9.60. The summed E-state index contributed by atoms with van der Waals surface area (Å²) in [5.41, 5.74) is 8.58. The van der Waals surface area contributed by atoms with Crippen molar-refractivity contribution in [1.29, 1.82) is 0 Å². The van der Waals surface area contributed by atoms with Crippen LogP contribution in [-0.4, -0.2) is 27.6 Å². The largest absolute Gasteiger partial charge is 0.330 e. The Morgan fingerprint density at radius 1 is 1.25 bits per heavy atom. The lowest BCUT2D eigenvalue weighted by molar-refractivity contribution is 0.102. The van der Waals surface area contributed by atoms with Gasteiger partial charge in [-0.1, -0.05) is 12.1 Å². The third-order valence-corrected chi connectivity index (χ3v) is 2.94. The minimum absolute atomic E-state index is 0.210. The molecule has 6 nitrogen and oxygen atoms in total. The third kappa shape index (κ3) is 3.36. The summed E-state index contributed by atoms with van der Waals surface area (Å²) in [7, 11) is 0. The van der Waals surface area contributed by atoms with Gasteiger partial charge in [-0.2, -0.15) is 5.10 Å². The van der Waals surface area contributed by atoms with Crippen molar-refractivity contribution in [3.8, 4) is 0 Å². The second-order valence-corrected chi connectivity index (χ2v) is 4.50. The van der Waals surface area contributed by atoms with E-state index in [1.54, 1.807) is 6.07 Å². The summed E-state index contributed by atoms with van der Waals surface area (Å²) in [6, 6.07) is 7.33. The Labute approximate surface area is 117 Å². The molecule has 104 valence electrons. The van der Waals surface area contributed by atoms with Crippen molar-refractivity contribution in [2.45, 2.75) is 20.3 Å². The van der Waals surface area contributed by atoms with Gasteiger partial charge in [0.15, 0.2) is 0 Å². The first-order valence-corrected chi connectivity index (χ1v) is 6.38. The average molecular weight is 271 g/mol. The van der Waals surface area contributed by atoms with Crippen LogP contribution < -0.4 is 11.1 Å². The number of nitrogens with one attached hydrogen (secondary N) is 1. The molecule has 1 aromatic carbocycles. The molecule has 0 aliphatic carbocycles. The fraction of sp³-hybridized carbons (Fsp3) is 0.286. The van der Waals surface area contributed by atoms with Crippen LogP contribution >= 0.6 is 0 Å². The molecule has 2 rings (SSSR count). The normalized spacial score (nSPS) is 10.3. The van der Waals surface area contributed by atoms with Gasteiger partial charge in [-0.05, 0) is 44.5 Å². The van der Waals surface area contributed by atoms with E-state index in [2.05, 4.69) is 20.5 Å². The van der Waals surface area contributed by atoms with Crippen LogP contribution in [0.1, 0.15) is 27.3 Å². The topological polar surface area (TPSA) is 93.8 Å². The number of benzene rings is 1. The summed E-state index contributed by atoms with van der Waals surface area (Å²) in [6.45, 7) is 4.19. The highest BCUT2D eigenvalue weighted by Crippen LogP contribution is 2.08. The van der Waals surface area contributed by atoms with Crippen LogP contribution in [0.2, 0.25) is 0 Å². The summed E-state index contributed by atoms with van der Waals surface area (Å²) in [5.74, 6) is -0.0451. The number of hydrogen-bond donors (Lipinski definition) is 2. The van der Waals surface area contributed by atoms with Crippen LogP contribution in [0.25, 0.3) is 0 Å². The fourth-order valence-electron chi connectivity index (χ4n) is 1.72. The quantitative estimate of drug-likeness (QED) is 0.872. The van der Waals surface area contributed by atoms with Crippen molar-refractivity contribution < 1.29 is 4.79 Å². The predicted octanol–water partition coefficient (Wildman–Crippen LogP) is 1.24. The monoisotopic (exact) mass is 271 g/mol. The van der Waals surface area contributed by atoms with Gasteiger partial charge in [-0.3, -0.25) is 10.1 Å². The first-order valence-electron chi connectivity index (χ1n) is 6.38. The highest BCUT2D eigenvalue weighted by Gasteiger charge is 2.09. The number of aromatic nitrogens is 3. The molecular weight excluding hydrogens is 254 g/mol. The minimum atomic E-state index is -0.256. The van der Waals surface area contributed by atoms with Gasteiger partial charge in [-0.15, -0.1) is 5.10 Å². The van der Waals surface area contributed by atoms with E-state index in [9.17, 15) is 4.79 Å². The van der Waals surface area contributed by atoms with Gasteiger partial charge >= 0.3 is 0 Å². The predicted molar refractivity (Wildman–Crippen MR) is 76.5 cm³/mol. The Bertz CT molecular complexity index is 627. The second-order valence-electron chi connectivity index (χ2n) is 4.50. The zero-order valence-corrected chi connectivity index (χ0v) is 11.6. The van der Waals surface area contributed by atoms with Gasteiger partial charge in [-0.25, -0.2) is 4.98 Å². The van der Waals surface area contributed by atoms with E-state index in [4.69, 9.17) is 5.73 Å². The van der Waals surface area contributed by atoms with E-state index in [1.165, 1.54) is 0 Å². The van der Waals surface area contributed by atoms with E-state index < -0.39 is 0 Å². The zero-order valence-electron chi connectivity index (χ0n) is 11.6. The van der Waals surface area contributed by atoms with Gasteiger partial charge in [0.2, 0.25) is 5.95 Å². The van der Waals surface area contributed by atoms with E-state index in [-0.39, 0.29) is 11.9 Å². The molecule has 0 bridgehead atoms. The molecule has 0 unspecified atom stereocenters. The molecule has 0 fully saturated rings. The minimum Gasteiger partial charge on any atom is -0.330 e. The fourth-order valence-corrected chi connectivity index (χ4v) is 1.72. The van der Waals surface area contributed by atoms with E-state index >= 15 is 0 Å². The number of nitrogens with two attached hydrogens (primary N) is 1.